The van der Waals surface area contributed by atoms with E-state index in [1.165, 1.54) is 0 Å². The number of nitriles is 1. The Kier molecular flexibility index (Phi) is 4.46. The monoisotopic (exact) mass is 299 g/mol. The molecule has 0 bridgehead atoms. The summed E-state index contributed by atoms with van der Waals surface area (Å²) in [6.07, 6.45) is 0. The second-order valence-electron chi connectivity index (χ2n) is 4.54. The Morgan fingerprint density at radius 3 is 2.62 bits per heavy atom. The van der Waals surface area contributed by atoms with Gasteiger partial charge in [0.25, 0.3) is 5.91 Å². The quantitative estimate of drug-likeness (QED) is 0.905. The van der Waals surface area contributed by atoms with Crippen LogP contribution in [0.25, 0.3) is 0 Å². The lowest BCUT2D eigenvalue weighted by Gasteiger charge is -2.10. The minimum atomic E-state index is -0.257. The summed E-state index contributed by atoms with van der Waals surface area (Å²) >= 11 is 6.04. The molecule has 0 saturated carbocycles. The Morgan fingerprint density at radius 1 is 1.24 bits per heavy atom. The first-order valence-corrected chi connectivity index (χ1v) is 6.72. The van der Waals surface area contributed by atoms with Crippen molar-refractivity contribution in [1.82, 2.24) is 0 Å². The molecule has 0 unspecified atom stereocenters. The van der Waals surface area contributed by atoms with Crippen LogP contribution in [0.5, 0.6) is 0 Å². The van der Waals surface area contributed by atoms with Gasteiger partial charge >= 0.3 is 0 Å². The van der Waals surface area contributed by atoms with Gasteiger partial charge in [0.2, 0.25) is 0 Å². The molecule has 21 heavy (non-hydrogen) atoms. The number of rotatable bonds is 3. The third-order valence-electron chi connectivity index (χ3n) is 3.10. The van der Waals surface area contributed by atoms with E-state index in [1.807, 2.05) is 32.2 Å². The van der Waals surface area contributed by atoms with Gasteiger partial charge < -0.3 is 10.6 Å². The molecule has 5 heteroatoms. The van der Waals surface area contributed by atoms with Gasteiger partial charge in [0.1, 0.15) is 0 Å². The number of hydrogen-bond acceptors (Lipinski definition) is 3. The normalized spacial score (nSPS) is 9.81. The molecule has 0 spiro atoms. The third-order valence-corrected chi connectivity index (χ3v) is 3.43. The van der Waals surface area contributed by atoms with Crippen molar-refractivity contribution >= 4 is 28.9 Å². The van der Waals surface area contributed by atoms with E-state index in [9.17, 15) is 4.79 Å². The summed E-state index contributed by atoms with van der Waals surface area (Å²) in [7, 11) is 1.82. The molecule has 0 atom stereocenters. The van der Waals surface area contributed by atoms with Crippen LogP contribution in [0, 0.1) is 18.3 Å². The number of nitrogens with one attached hydrogen (secondary N) is 2. The summed E-state index contributed by atoms with van der Waals surface area (Å²) in [5.41, 5.74) is 3.22. The van der Waals surface area contributed by atoms with Gasteiger partial charge in [0.05, 0.1) is 22.3 Å². The smallest absolute Gasteiger partial charge is 0.255 e. The number of amides is 1. The van der Waals surface area contributed by atoms with E-state index < -0.39 is 0 Å². The van der Waals surface area contributed by atoms with Crippen molar-refractivity contribution in [2.24, 2.45) is 0 Å². The van der Waals surface area contributed by atoms with Crippen LogP contribution in [0.3, 0.4) is 0 Å². The predicted octanol–water partition coefficient (Wildman–Crippen LogP) is 3.81. The first-order valence-electron chi connectivity index (χ1n) is 6.34. The Balaban J connectivity index is 2.28. The summed E-state index contributed by atoms with van der Waals surface area (Å²) in [6, 6.07) is 12.2. The van der Waals surface area contributed by atoms with Crippen LogP contribution in [0.1, 0.15) is 21.5 Å². The van der Waals surface area contributed by atoms with Gasteiger partial charge in [-0.15, -0.1) is 0 Å². The maximum absolute atomic E-state index is 12.3. The fourth-order valence-corrected chi connectivity index (χ4v) is 2.12. The number of hydrogen-bond donors (Lipinski definition) is 2. The van der Waals surface area contributed by atoms with Crippen LogP contribution in [0.15, 0.2) is 36.4 Å². The van der Waals surface area contributed by atoms with Crippen LogP contribution in [-0.4, -0.2) is 13.0 Å². The van der Waals surface area contributed by atoms with E-state index in [0.717, 1.165) is 11.3 Å². The molecule has 2 rings (SSSR count). The summed E-state index contributed by atoms with van der Waals surface area (Å²) in [6.45, 7) is 1.86. The molecule has 0 aliphatic rings. The molecule has 0 heterocycles. The van der Waals surface area contributed by atoms with Crippen LogP contribution >= 0.6 is 11.6 Å². The highest BCUT2D eigenvalue weighted by Gasteiger charge is 2.12. The maximum Gasteiger partial charge on any atom is 0.255 e. The van der Waals surface area contributed by atoms with Crippen molar-refractivity contribution in [3.8, 4) is 6.07 Å². The van der Waals surface area contributed by atoms with E-state index in [1.54, 1.807) is 24.3 Å². The molecule has 2 aromatic rings. The van der Waals surface area contributed by atoms with Crippen molar-refractivity contribution in [3.05, 3.63) is 58.1 Å². The molecule has 106 valence electrons. The van der Waals surface area contributed by atoms with Crippen molar-refractivity contribution in [3.63, 3.8) is 0 Å². The van der Waals surface area contributed by atoms with Gasteiger partial charge in [-0.25, -0.2) is 0 Å². The van der Waals surface area contributed by atoms with Gasteiger partial charge in [-0.05, 0) is 48.9 Å². The lowest BCUT2D eigenvalue weighted by atomic mass is 10.1. The molecule has 0 aliphatic carbocycles. The van der Waals surface area contributed by atoms with Gasteiger partial charge in [0, 0.05) is 18.3 Å². The Morgan fingerprint density at radius 2 is 2.00 bits per heavy atom. The molecule has 4 nitrogen and oxygen atoms in total. The molecule has 0 aliphatic heterocycles. The van der Waals surface area contributed by atoms with Crippen molar-refractivity contribution in [2.75, 3.05) is 17.7 Å². The standard InChI is InChI=1S/C16H14ClN3O/c1-10-7-12(19-2)4-5-13(10)16(21)20-15-8-11(9-18)3-6-14(15)17/h3-8,19H,1-2H3,(H,20,21). The Hall–Kier alpha value is -2.51. The lowest BCUT2D eigenvalue weighted by molar-refractivity contribution is 0.102. The van der Waals surface area contributed by atoms with E-state index >= 15 is 0 Å². The van der Waals surface area contributed by atoms with Crippen molar-refractivity contribution < 1.29 is 4.79 Å². The number of carbonyl (C=O) groups excluding carboxylic acids is 1. The maximum atomic E-state index is 12.3. The highest BCUT2D eigenvalue weighted by Crippen LogP contribution is 2.24. The summed E-state index contributed by atoms with van der Waals surface area (Å²) in [4.78, 5) is 12.3. The summed E-state index contributed by atoms with van der Waals surface area (Å²) in [5, 5.41) is 15.0. The Labute approximate surface area is 128 Å². The molecule has 1 amide bonds. The van der Waals surface area contributed by atoms with Crippen LogP contribution in [0.2, 0.25) is 5.02 Å². The van der Waals surface area contributed by atoms with Gasteiger partial charge in [-0.2, -0.15) is 5.26 Å². The van der Waals surface area contributed by atoms with Crippen LogP contribution < -0.4 is 10.6 Å². The first-order chi connectivity index (χ1) is 10.0. The van der Waals surface area contributed by atoms with Gasteiger partial charge in [-0.1, -0.05) is 11.6 Å². The third kappa shape index (κ3) is 3.33. The molecule has 0 fully saturated rings. The lowest BCUT2D eigenvalue weighted by Crippen LogP contribution is -2.14. The zero-order valence-corrected chi connectivity index (χ0v) is 12.5. The fourth-order valence-electron chi connectivity index (χ4n) is 1.95. The average Bonchev–Trinajstić information content (AvgIpc) is 2.49. The molecular weight excluding hydrogens is 286 g/mol. The zero-order valence-electron chi connectivity index (χ0n) is 11.7. The van der Waals surface area contributed by atoms with Crippen LogP contribution in [-0.2, 0) is 0 Å². The number of carbonyl (C=O) groups is 1. The molecule has 2 N–H and O–H groups in total. The SMILES string of the molecule is CNc1ccc(C(=O)Nc2cc(C#N)ccc2Cl)c(C)c1. The molecule has 0 saturated heterocycles. The molecule has 0 aromatic heterocycles. The average molecular weight is 300 g/mol. The number of nitrogens with zero attached hydrogens (tertiary/aromatic N) is 1. The minimum Gasteiger partial charge on any atom is -0.388 e. The fraction of sp³-hybridized carbons (Fsp3) is 0.125. The number of aryl methyl sites for hydroxylation is 1. The predicted molar refractivity (Wildman–Crippen MR) is 84.8 cm³/mol. The Bertz CT molecular complexity index is 735. The number of anilines is 2. The first kappa shape index (κ1) is 14.9. The second kappa shape index (κ2) is 6.29. The summed E-state index contributed by atoms with van der Waals surface area (Å²) in [5.74, 6) is -0.257. The largest absolute Gasteiger partial charge is 0.388 e. The topological polar surface area (TPSA) is 64.9 Å². The van der Waals surface area contributed by atoms with Crippen molar-refractivity contribution in [1.29, 1.82) is 5.26 Å². The van der Waals surface area contributed by atoms with E-state index in [2.05, 4.69) is 10.6 Å². The van der Waals surface area contributed by atoms with E-state index in [-0.39, 0.29) is 5.91 Å². The minimum absolute atomic E-state index is 0.257. The number of halogens is 1. The van der Waals surface area contributed by atoms with E-state index in [4.69, 9.17) is 16.9 Å². The van der Waals surface area contributed by atoms with Gasteiger partial charge in [-0.3, -0.25) is 4.79 Å². The van der Waals surface area contributed by atoms with Crippen molar-refractivity contribution in [2.45, 2.75) is 6.92 Å². The van der Waals surface area contributed by atoms with E-state index in [0.29, 0.717) is 21.8 Å². The number of benzene rings is 2. The van der Waals surface area contributed by atoms with Crippen LogP contribution in [0.4, 0.5) is 11.4 Å². The molecule has 0 radical (unpaired) electrons. The zero-order chi connectivity index (χ0) is 15.4. The highest BCUT2D eigenvalue weighted by molar-refractivity contribution is 6.34. The highest BCUT2D eigenvalue weighted by atomic mass is 35.5. The molecule has 2 aromatic carbocycles. The summed E-state index contributed by atoms with van der Waals surface area (Å²) < 4.78 is 0. The molecular formula is C16H14ClN3O. The van der Waals surface area contributed by atoms with Gasteiger partial charge in [0.15, 0.2) is 0 Å². The second-order valence-corrected chi connectivity index (χ2v) is 4.95.